The first-order valence-electron chi connectivity index (χ1n) is 10.1. The maximum Gasteiger partial charge on any atom is 0.191 e. The molecule has 0 aromatic heterocycles. The minimum atomic E-state index is -1.55. The van der Waals surface area contributed by atoms with Crippen LogP contribution in [0.2, 0.25) is 0 Å². The van der Waals surface area contributed by atoms with Crippen LogP contribution in [0.4, 0.5) is 0 Å². The molecule has 6 heteroatoms. The van der Waals surface area contributed by atoms with E-state index >= 15 is 0 Å². The van der Waals surface area contributed by atoms with E-state index in [0.29, 0.717) is 18.0 Å². The fourth-order valence-corrected chi connectivity index (χ4v) is 4.29. The molecule has 1 aromatic carbocycles. The normalized spacial score (nSPS) is 22.6. The van der Waals surface area contributed by atoms with Crippen LogP contribution in [-0.4, -0.2) is 36.8 Å². The fourth-order valence-electron chi connectivity index (χ4n) is 4.29. The van der Waals surface area contributed by atoms with Crippen molar-refractivity contribution < 1.29 is 5.11 Å². The summed E-state index contributed by atoms with van der Waals surface area (Å²) in [6.45, 7) is 7.57. The lowest BCUT2D eigenvalue weighted by atomic mass is 9.58. The number of nitrogens with zero attached hydrogens (tertiary/aromatic N) is 4. The van der Waals surface area contributed by atoms with Crippen LogP contribution >= 0.6 is 0 Å². The highest BCUT2D eigenvalue weighted by Gasteiger charge is 2.54. The zero-order valence-corrected chi connectivity index (χ0v) is 18.1. The Kier molecular flexibility index (Phi) is 7.41. The highest BCUT2D eigenvalue weighted by molar-refractivity contribution is 5.59. The Labute approximate surface area is 179 Å². The van der Waals surface area contributed by atoms with Gasteiger partial charge in [0.25, 0.3) is 0 Å². The molecule has 1 heterocycles. The van der Waals surface area contributed by atoms with Gasteiger partial charge >= 0.3 is 0 Å². The lowest BCUT2D eigenvalue weighted by Gasteiger charge is -2.45. The average Bonchev–Trinajstić information content (AvgIpc) is 2.74. The number of allylic oxidation sites excluding steroid dienone is 2. The highest BCUT2D eigenvalue weighted by atomic mass is 16.2. The molecule has 0 saturated heterocycles. The second kappa shape index (κ2) is 9.59. The first-order valence-corrected chi connectivity index (χ1v) is 10.1. The SMILES string of the molecule is CC(C)c1ccc(C2C3CN(C)CC=C3C(C#N)=C(N)C2(C#N)C#N)cc1.CCO. The van der Waals surface area contributed by atoms with Gasteiger partial charge in [-0.1, -0.05) is 44.2 Å². The van der Waals surface area contributed by atoms with Gasteiger partial charge in [0, 0.05) is 31.5 Å². The van der Waals surface area contributed by atoms with E-state index in [1.807, 2.05) is 25.3 Å². The minimum Gasteiger partial charge on any atom is -0.399 e. The van der Waals surface area contributed by atoms with Crippen molar-refractivity contribution in [3.05, 3.63) is 58.3 Å². The Bertz CT molecular complexity index is 939. The van der Waals surface area contributed by atoms with E-state index in [-0.39, 0.29) is 18.2 Å². The lowest BCUT2D eigenvalue weighted by molar-refractivity contribution is 0.237. The smallest absolute Gasteiger partial charge is 0.191 e. The number of hydrogen-bond acceptors (Lipinski definition) is 6. The maximum absolute atomic E-state index is 10.0. The van der Waals surface area contributed by atoms with Crippen molar-refractivity contribution >= 4 is 0 Å². The van der Waals surface area contributed by atoms with Crippen molar-refractivity contribution in [2.24, 2.45) is 17.1 Å². The molecule has 30 heavy (non-hydrogen) atoms. The topological polar surface area (TPSA) is 121 Å². The summed E-state index contributed by atoms with van der Waals surface area (Å²) in [5.41, 5.74) is 8.10. The Morgan fingerprint density at radius 3 is 2.23 bits per heavy atom. The predicted octanol–water partition coefficient (Wildman–Crippen LogP) is 3.16. The number of aliphatic hydroxyl groups excluding tert-OH is 1. The predicted molar refractivity (Wildman–Crippen MR) is 116 cm³/mol. The molecule has 2 unspecified atom stereocenters. The number of likely N-dealkylation sites (N-methyl/N-ethyl adjacent to an activating group) is 1. The minimum absolute atomic E-state index is 0.0833. The van der Waals surface area contributed by atoms with Crippen LogP contribution in [-0.2, 0) is 0 Å². The van der Waals surface area contributed by atoms with Crippen molar-refractivity contribution in [3.63, 3.8) is 0 Å². The van der Waals surface area contributed by atoms with Crippen LogP contribution in [0, 0.1) is 45.3 Å². The quantitative estimate of drug-likeness (QED) is 0.782. The summed E-state index contributed by atoms with van der Waals surface area (Å²) < 4.78 is 0. The van der Waals surface area contributed by atoms with E-state index in [0.717, 1.165) is 17.7 Å². The van der Waals surface area contributed by atoms with Crippen LogP contribution in [0.25, 0.3) is 0 Å². The van der Waals surface area contributed by atoms with E-state index in [1.54, 1.807) is 6.92 Å². The standard InChI is InChI=1S/C22H23N5.C2H6O/c1-14(2)15-4-6-16(7-5-15)20-19-11-27(3)9-8-17(19)18(10-23)21(26)22(20,12-24)13-25;1-2-3/h4-8,14,19-20H,9,11,26H2,1-3H3;3H,2H2,1H3. The van der Waals surface area contributed by atoms with Gasteiger partial charge in [-0.15, -0.1) is 0 Å². The zero-order valence-electron chi connectivity index (χ0n) is 18.1. The second-order valence-corrected chi connectivity index (χ2v) is 8.03. The lowest BCUT2D eigenvalue weighted by Crippen LogP contribution is -2.47. The third-order valence-electron chi connectivity index (χ3n) is 5.81. The number of benzene rings is 1. The molecule has 0 amide bonds. The van der Waals surface area contributed by atoms with E-state index in [2.05, 4.69) is 49.1 Å². The van der Waals surface area contributed by atoms with Crippen LogP contribution in [0.3, 0.4) is 0 Å². The van der Waals surface area contributed by atoms with Crippen LogP contribution in [0.15, 0.2) is 47.2 Å². The molecule has 2 aliphatic rings. The molecule has 6 nitrogen and oxygen atoms in total. The summed E-state index contributed by atoms with van der Waals surface area (Å²) in [6, 6.07) is 14.6. The molecule has 0 fully saturated rings. The molecule has 3 N–H and O–H groups in total. The third-order valence-corrected chi connectivity index (χ3v) is 5.81. The Morgan fingerprint density at radius 1 is 1.20 bits per heavy atom. The molecular formula is C24H29N5O. The summed E-state index contributed by atoms with van der Waals surface area (Å²) >= 11 is 0. The summed E-state index contributed by atoms with van der Waals surface area (Å²) in [6.07, 6.45) is 2.01. The van der Waals surface area contributed by atoms with Crippen molar-refractivity contribution in [3.8, 4) is 18.2 Å². The van der Waals surface area contributed by atoms with E-state index in [1.165, 1.54) is 5.56 Å². The summed E-state index contributed by atoms with van der Waals surface area (Å²) in [7, 11) is 2.00. The molecule has 2 atom stereocenters. The van der Waals surface area contributed by atoms with Gasteiger partial charge in [-0.05, 0) is 36.6 Å². The molecular weight excluding hydrogens is 374 g/mol. The molecule has 0 radical (unpaired) electrons. The Balaban J connectivity index is 0.00000101. The van der Waals surface area contributed by atoms with Crippen molar-refractivity contribution in [1.82, 2.24) is 4.90 Å². The van der Waals surface area contributed by atoms with E-state index < -0.39 is 11.3 Å². The van der Waals surface area contributed by atoms with Gasteiger partial charge in [-0.3, -0.25) is 0 Å². The van der Waals surface area contributed by atoms with Gasteiger partial charge < -0.3 is 15.7 Å². The Morgan fingerprint density at radius 2 is 1.77 bits per heavy atom. The molecule has 156 valence electrons. The first-order chi connectivity index (χ1) is 14.3. The molecule has 0 bridgehead atoms. The molecule has 0 spiro atoms. The van der Waals surface area contributed by atoms with Gasteiger partial charge in [0.15, 0.2) is 5.41 Å². The van der Waals surface area contributed by atoms with Gasteiger partial charge in [-0.2, -0.15) is 15.8 Å². The molecule has 1 aromatic rings. The van der Waals surface area contributed by atoms with E-state index in [4.69, 9.17) is 10.8 Å². The van der Waals surface area contributed by atoms with Crippen molar-refractivity contribution in [2.75, 3.05) is 26.7 Å². The number of aliphatic hydroxyl groups is 1. The summed E-state index contributed by atoms with van der Waals surface area (Å²) in [5.74, 6) is -0.150. The molecule has 1 aliphatic heterocycles. The van der Waals surface area contributed by atoms with Gasteiger partial charge in [0.1, 0.15) is 6.07 Å². The fraction of sp³-hybridized carbons (Fsp3) is 0.458. The highest BCUT2D eigenvalue weighted by Crippen LogP contribution is 2.54. The largest absolute Gasteiger partial charge is 0.399 e. The van der Waals surface area contributed by atoms with Gasteiger partial charge in [-0.25, -0.2) is 0 Å². The Hall–Kier alpha value is -3.11. The molecule has 3 rings (SSSR count). The second-order valence-electron chi connectivity index (χ2n) is 8.03. The van der Waals surface area contributed by atoms with Crippen LogP contribution in [0.1, 0.15) is 43.7 Å². The van der Waals surface area contributed by atoms with Crippen molar-refractivity contribution in [1.29, 1.82) is 15.8 Å². The number of rotatable bonds is 2. The number of hydrogen-bond donors (Lipinski definition) is 2. The van der Waals surface area contributed by atoms with Gasteiger partial charge in [0.2, 0.25) is 0 Å². The maximum atomic E-state index is 10.0. The van der Waals surface area contributed by atoms with Crippen molar-refractivity contribution in [2.45, 2.75) is 32.6 Å². The number of nitriles is 3. The summed E-state index contributed by atoms with van der Waals surface area (Å²) in [5, 5.41) is 37.3. The zero-order chi connectivity index (χ0) is 22.5. The summed E-state index contributed by atoms with van der Waals surface area (Å²) in [4.78, 5) is 2.14. The average molecular weight is 404 g/mol. The third kappa shape index (κ3) is 3.96. The van der Waals surface area contributed by atoms with Crippen LogP contribution < -0.4 is 5.73 Å². The van der Waals surface area contributed by atoms with Gasteiger partial charge in [0.05, 0.1) is 23.4 Å². The van der Waals surface area contributed by atoms with E-state index in [9.17, 15) is 15.8 Å². The molecule has 1 aliphatic carbocycles. The number of nitrogens with two attached hydrogens (primary N) is 1. The van der Waals surface area contributed by atoms with Crippen LogP contribution in [0.5, 0.6) is 0 Å². The number of fused-ring (bicyclic) bond motifs is 1. The molecule has 0 saturated carbocycles. The monoisotopic (exact) mass is 403 g/mol. The first kappa shape index (κ1) is 23.2.